The van der Waals surface area contributed by atoms with Gasteiger partial charge in [-0.05, 0) is 48.7 Å². The minimum atomic E-state index is -0.158. The molecule has 2 amide bonds. The van der Waals surface area contributed by atoms with Crippen LogP contribution in [0.2, 0.25) is 0 Å². The predicted molar refractivity (Wildman–Crippen MR) is 121 cm³/mol. The van der Waals surface area contributed by atoms with Crippen LogP contribution in [-0.2, 0) is 17.9 Å². The monoisotopic (exact) mass is 435 g/mol. The minimum Gasteiger partial charge on any atom is -0.348 e. The second-order valence-corrected chi connectivity index (χ2v) is 8.80. The van der Waals surface area contributed by atoms with Gasteiger partial charge in [0.1, 0.15) is 11.6 Å². The van der Waals surface area contributed by atoms with Crippen molar-refractivity contribution in [1.82, 2.24) is 20.1 Å². The first-order chi connectivity index (χ1) is 15.2. The van der Waals surface area contributed by atoms with E-state index in [1.54, 1.807) is 47.2 Å². The van der Waals surface area contributed by atoms with Crippen LogP contribution in [0.15, 0.2) is 66.1 Å². The van der Waals surface area contributed by atoms with E-state index in [9.17, 15) is 9.59 Å². The summed E-state index contributed by atoms with van der Waals surface area (Å²) < 4.78 is 1.56. The number of nitrogens with zero attached hydrogens (tertiary/aromatic N) is 3. The quantitative estimate of drug-likeness (QED) is 0.561. The topological polar surface area (TPSA) is 88.9 Å². The van der Waals surface area contributed by atoms with Gasteiger partial charge in [0.25, 0.3) is 5.91 Å². The first-order valence-corrected chi connectivity index (χ1v) is 11.3. The van der Waals surface area contributed by atoms with Crippen LogP contribution in [-0.4, -0.2) is 31.8 Å². The Hall–Kier alpha value is -3.13. The molecule has 2 N–H and O–H groups in total. The molecule has 1 aromatic carbocycles. The highest BCUT2D eigenvalue weighted by Gasteiger charge is 2.20. The van der Waals surface area contributed by atoms with Crippen molar-refractivity contribution in [3.8, 4) is 0 Å². The average Bonchev–Trinajstić information content (AvgIpc) is 3.47. The lowest BCUT2D eigenvalue weighted by molar-refractivity contribution is -0.116. The number of hydrogen-bond acceptors (Lipinski definition) is 5. The molecular formula is C23H25N5O2S. The molecule has 0 unspecified atom stereocenters. The van der Waals surface area contributed by atoms with Crippen molar-refractivity contribution >= 4 is 29.3 Å². The molecule has 160 valence electrons. The van der Waals surface area contributed by atoms with E-state index in [1.165, 1.54) is 25.7 Å². The number of carbonyl (C=O) groups excluding carboxylic acids is 2. The van der Waals surface area contributed by atoms with Crippen molar-refractivity contribution in [2.24, 2.45) is 0 Å². The van der Waals surface area contributed by atoms with Crippen LogP contribution < -0.4 is 10.6 Å². The number of carbonyl (C=O) groups is 2. The van der Waals surface area contributed by atoms with Crippen LogP contribution in [0.5, 0.6) is 0 Å². The maximum atomic E-state index is 12.8. The Labute approximate surface area is 185 Å². The summed E-state index contributed by atoms with van der Waals surface area (Å²) in [5.74, 6) is -0.296. The van der Waals surface area contributed by atoms with Crippen LogP contribution in [0.1, 0.15) is 41.6 Å². The lowest BCUT2D eigenvalue weighted by Gasteiger charge is -2.13. The van der Waals surface area contributed by atoms with Crippen molar-refractivity contribution < 1.29 is 9.59 Å². The van der Waals surface area contributed by atoms with Crippen LogP contribution in [0, 0.1) is 0 Å². The summed E-state index contributed by atoms with van der Waals surface area (Å²) >= 11 is 1.71. The number of aromatic nitrogens is 3. The number of hydrogen-bond donors (Lipinski definition) is 2. The molecule has 0 spiro atoms. The lowest BCUT2D eigenvalue weighted by atomic mass is 10.2. The number of nitrogens with one attached hydrogen (secondary N) is 2. The fourth-order valence-electron chi connectivity index (χ4n) is 3.60. The largest absolute Gasteiger partial charge is 0.348 e. The maximum absolute atomic E-state index is 12.8. The predicted octanol–water partition coefficient (Wildman–Crippen LogP) is 3.88. The molecule has 7 nitrogen and oxygen atoms in total. The molecule has 1 fully saturated rings. The van der Waals surface area contributed by atoms with Crippen LogP contribution in [0.4, 0.5) is 5.69 Å². The van der Waals surface area contributed by atoms with Crippen molar-refractivity contribution in [2.45, 2.75) is 49.0 Å². The van der Waals surface area contributed by atoms with Crippen LogP contribution in [0.3, 0.4) is 0 Å². The smallest absolute Gasteiger partial charge is 0.254 e. The summed E-state index contributed by atoms with van der Waals surface area (Å²) in [7, 11) is 0. The standard InChI is InChI=1S/C23H25N5O2S/c29-21(16-28-13-5-12-26-28)27-18-7-3-6-17(14-18)15-25-22(30)20-10-4-11-24-23(20)31-19-8-1-2-9-19/h3-7,10-14,19H,1-2,8-9,15-16H2,(H,25,30)(H,27,29). The molecule has 0 aliphatic heterocycles. The Kier molecular flexibility index (Phi) is 6.99. The van der Waals surface area contributed by atoms with Crippen molar-refractivity contribution in [3.63, 3.8) is 0 Å². The number of anilines is 1. The van der Waals surface area contributed by atoms with Gasteiger partial charge in [0.15, 0.2) is 0 Å². The van der Waals surface area contributed by atoms with E-state index in [0.717, 1.165) is 10.6 Å². The molecule has 8 heteroatoms. The van der Waals surface area contributed by atoms with Gasteiger partial charge in [0.05, 0.1) is 5.56 Å². The Morgan fingerprint density at radius 2 is 1.97 bits per heavy atom. The molecule has 2 aromatic heterocycles. The third kappa shape index (κ3) is 5.95. The third-order valence-electron chi connectivity index (χ3n) is 5.12. The molecule has 1 saturated carbocycles. The van der Waals surface area contributed by atoms with E-state index >= 15 is 0 Å². The van der Waals surface area contributed by atoms with Gasteiger partial charge in [-0.2, -0.15) is 5.10 Å². The van der Waals surface area contributed by atoms with Gasteiger partial charge in [-0.25, -0.2) is 4.98 Å². The van der Waals surface area contributed by atoms with Gasteiger partial charge in [-0.3, -0.25) is 14.3 Å². The summed E-state index contributed by atoms with van der Waals surface area (Å²) in [5, 5.41) is 11.2. The van der Waals surface area contributed by atoms with Gasteiger partial charge >= 0.3 is 0 Å². The molecule has 0 bridgehead atoms. The zero-order chi connectivity index (χ0) is 21.5. The Morgan fingerprint density at radius 1 is 1.10 bits per heavy atom. The molecule has 0 radical (unpaired) electrons. The molecule has 31 heavy (non-hydrogen) atoms. The van der Waals surface area contributed by atoms with E-state index in [0.29, 0.717) is 23.0 Å². The lowest BCUT2D eigenvalue weighted by Crippen LogP contribution is -2.24. The van der Waals surface area contributed by atoms with E-state index in [-0.39, 0.29) is 18.4 Å². The first-order valence-electron chi connectivity index (χ1n) is 10.4. The van der Waals surface area contributed by atoms with Crippen molar-refractivity contribution in [1.29, 1.82) is 0 Å². The summed E-state index contributed by atoms with van der Waals surface area (Å²) in [6, 6.07) is 12.9. The van der Waals surface area contributed by atoms with E-state index in [1.807, 2.05) is 30.3 Å². The first kappa shape index (κ1) is 21.1. The van der Waals surface area contributed by atoms with E-state index in [4.69, 9.17) is 0 Å². The molecule has 0 saturated heterocycles. The molecule has 2 heterocycles. The highest BCUT2D eigenvalue weighted by atomic mass is 32.2. The number of pyridine rings is 1. The van der Waals surface area contributed by atoms with Gasteiger partial charge in [-0.1, -0.05) is 25.0 Å². The summed E-state index contributed by atoms with van der Waals surface area (Å²) in [6.45, 7) is 0.514. The highest BCUT2D eigenvalue weighted by Crippen LogP contribution is 2.35. The van der Waals surface area contributed by atoms with Crippen molar-refractivity contribution in [3.05, 3.63) is 72.2 Å². The Balaban J connectivity index is 1.34. The molecule has 4 rings (SSSR count). The molecule has 1 aliphatic rings. The van der Waals surface area contributed by atoms with Gasteiger partial charge in [0.2, 0.25) is 5.91 Å². The van der Waals surface area contributed by atoms with Crippen LogP contribution in [0.25, 0.3) is 0 Å². The highest BCUT2D eigenvalue weighted by molar-refractivity contribution is 7.99. The average molecular weight is 436 g/mol. The summed E-state index contributed by atoms with van der Waals surface area (Å²) in [6.07, 6.45) is 9.98. The second kappa shape index (κ2) is 10.3. The molecular weight excluding hydrogens is 410 g/mol. The van der Waals surface area contributed by atoms with Gasteiger partial charge in [0, 0.05) is 36.1 Å². The minimum absolute atomic E-state index is 0.137. The van der Waals surface area contributed by atoms with E-state index in [2.05, 4.69) is 20.7 Å². The molecule has 0 atom stereocenters. The van der Waals surface area contributed by atoms with Crippen molar-refractivity contribution in [2.75, 3.05) is 5.32 Å². The fraction of sp³-hybridized carbons (Fsp3) is 0.304. The zero-order valence-electron chi connectivity index (χ0n) is 17.2. The fourth-order valence-corrected chi connectivity index (χ4v) is 4.89. The molecule has 1 aliphatic carbocycles. The number of thioether (sulfide) groups is 1. The van der Waals surface area contributed by atoms with Crippen LogP contribution >= 0.6 is 11.8 Å². The third-order valence-corrected chi connectivity index (χ3v) is 6.48. The maximum Gasteiger partial charge on any atom is 0.254 e. The number of rotatable bonds is 8. The van der Waals surface area contributed by atoms with Gasteiger partial charge < -0.3 is 10.6 Å². The summed E-state index contributed by atoms with van der Waals surface area (Å²) in [5.41, 5.74) is 2.20. The van der Waals surface area contributed by atoms with Gasteiger partial charge in [-0.15, -0.1) is 11.8 Å². The SMILES string of the molecule is O=C(Cn1cccn1)Nc1cccc(CNC(=O)c2cccnc2SC2CCCC2)c1. The normalized spacial score (nSPS) is 13.8. The summed E-state index contributed by atoms with van der Waals surface area (Å²) in [4.78, 5) is 29.4. The number of benzene rings is 1. The second-order valence-electron chi connectivity index (χ2n) is 7.52. The Morgan fingerprint density at radius 3 is 2.77 bits per heavy atom. The molecule has 3 aromatic rings. The zero-order valence-corrected chi connectivity index (χ0v) is 18.0. The van der Waals surface area contributed by atoms with E-state index < -0.39 is 0 Å². The Bertz CT molecular complexity index is 1030. The number of amides is 2.